The van der Waals surface area contributed by atoms with Crippen LogP contribution in [0.1, 0.15) is 17.9 Å². The Kier molecular flexibility index (Phi) is 3.41. The van der Waals surface area contributed by atoms with Crippen LogP contribution in [0.2, 0.25) is 0 Å². The first kappa shape index (κ1) is 12.8. The van der Waals surface area contributed by atoms with Gasteiger partial charge in [-0.1, -0.05) is 15.9 Å². The van der Waals surface area contributed by atoms with Crippen LogP contribution in [-0.4, -0.2) is 16.6 Å². The van der Waals surface area contributed by atoms with E-state index in [4.69, 9.17) is 0 Å². The Balaban J connectivity index is 2.15. The second-order valence-corrected chi connectivity index (χ2v) is 5.65. The van der Waals surface area contributed by atoms with Crippen LogP contribution < -0.4 is 5.32 Å². The van der Waals surface area contributed by atoms with E-state index in [1.165, 1.54) is 6.07 Å². The molecule has 1 aliphatic rings. The maximum absolute atomic E-state index is 14.0. The molecule has 1 N–H and O–H groups in total. The summed E-state index contributed by atoms with van der Waals surface area (Å²) in [5.41, 5.74) is 2.53. The van der Waals surface area contributed by atoms with E-state index in [1.807, 2.05) is 7.05 Å². The van der Waals surface area contributed by atoms with Gasteiger partial charge in [-0.3, -0.25) is 0 Å². The molecular weight excluding hydrogens is 309 g/mol. The molecule has 2 heterocycles. The molecule has 1 aliphatic heterocycles. The maximum Gasteiger partial charge on any atom is 0.132 e. The normalized spacial score (nSPS) is 13.8. The van der Waals surface area contributed by atoms with Crippen LogP contribution in [-0.2, 0) is 19.5 Å². The minimum Gasteiger partial charge on any atom is -0.330 e. The molecule has 0 saturated carbocycles. The number of fused-ring (bicyclic) bond motifs is 1. The average molecular weight is 324 g/mol. The fraction of sp³-hybridized carbons (Fsp3) is 0.357. The van der Waals surface area contributed by atoms with Crippen molar-refractivity contribution in [3.05, 3.63) is 40.0 Å². The molecule has 0 saturated heterocycles. The summed E-state index contributed by atoms with van der Waals surface area (Å²) < 4.78 is 17.1. The van der Waals surface area contributed by atoms with E-state index in [-0.39, 0.29) is 5.82 Å². The third kappa shape index (κ3) is 2.21. The molecule has 1 aromatic carbocycles. The standard InChI is InChI=1S/C14H15BrFN3/c1-17-8-13-18-14(12-3-2-6-19(12)13)10-7-9(15)4-5-11(10)16/h4-5,7,17H,2-3,6,8H2,1H3. The summed E-state index contributed by atoms with van der Waals surface area (Å²) in [4.78, 5) is 4.63. The molecule has 3 rings (SSSR count). The highest BCUT2D eigenvalue weighted by Crippen LogP contribution is 2.32. The lowest BCUT2D eigenvalue weighted by Gasteiger charge is -2.03. The lowest BCUT2D eigenvalue weighted by atomic mass is 10.1. The molecule has 5 heteroatoms. The predicted octanol–water partition coefficient (Wildman–Crippen LogP) is 3.12. The maximum atomic E-state index is 14.0. The fourth-order valence-corrected chi connectivity index (χ4v) is 3.01. The topological polar surface area (TPSA) is 29.9 Å². The van der Waals surface area contributed by atoms with Crippen LogP contribution in [0.5, 0.6) is 0 Å². The molecule has 1 aromatic heterocycles. The SMILES string of the molecule is CNCc1nc(-c2cc(Br)ccc2F)c2n1CCC2. The van der Waals surface area contributed by atoms with Crippen molar-refractivity contribution in [1.29, 1.82) is 0 Å². The number of nitrogens with zero attached hydrogens (tertiary/aromatic N) is 2. The number of benzene rings is 1. The van der Waals surface area contributed by atoms with Crippen molar-refractivity contribution in [1.82, 2.24) is 14.9 Å². The number of imidazole rings is 1. The third-order valence-electron chi connectivity index (χ3n) is 3.47. The van der Waals surface area contributed by atoms with Gasteiger partial charge in [0.05, 0.1) is 12.2 Å². The number of hydrogen-bond acceptors (Lipinski definition) is 2. The summed E-state index contributed by atoms with van der Waals surface area (Å²) in [5.74, 6) is 0.774. The number of nitrogens with one attached hydrogen (secondary N) is 1. The van der Waals surface area contributed by atoms with Crippen molar-refractivity contribution in [2.75, 3.05) is 7.05 Å². The van der Waals surface area contributed by atoms with E-state index >= 15 is 0 Å². The minimum absolute atomic E-state index is 0.216. The second-order valence-electron chi connectivity index (χ2n) is 4.73. The molecule has 0 amide bonds. The van der Waals surface area contributed by atoms with E-state index in [1.54, 1.807) is 12.1 Å². The first-order valence-electron chi connectivity index (χ1n) is 6.39. The molecule has 3 nitrogen and oxygen atoms in total. The molecule has 0 unspecified atom stereocenters. The van der Waals surface area contributed by atoms with E-state index in [0.717, 1.165) is 41.1 Å². The second kappa shape index (κ2) is 5.06. The van der Waals surface area contributed by atoms with E-state index < -0.39 is 0 Å². The van der Waals surface area contributed by atoms with Crippen LogP contribution in [0.25, 0.3) is 11.3 Å². The Labute approximate surface area is 120 Å². The Morgan fingerprint density at radius 2 is 2.32 bits per heavy atom. The lowest BCUT2D eigenvalue weighted by molar-refractivity contribution is 0.630. The highest BCUT2D eigenvalue weighted by Gasteiger charge is 2.23. The molecule has 0 fully saturated rings. The monoisotopic (exact) mass is 323 g/mol. The van der Waals surface area contributed by atoms with Crippen molar-refractivity contribution in [3.63, 3.8) is 0 Å². The Morgan fingerprint density at radius 3 is 3.11 bits per heavy atom. The van der Waals surface area contributed by atoms with Crippen molar-refractivity contribution < 1.29 is 4.39 Å². The zero-order valence-corrected chi connectivity index (χ0v) is 12.3. The van der Waals surface area contributed by atoms with Crippen molar-refractivity contribution in [2.24, 2.45) is 0 Å². The summed E-state index contributed by atoms with van der Waals surface area (Å²) in [6, 6.07) is 5.00. The largest absolute Gasteiger partial charge is 0.330 e. The van der Waals surface area contributed by atoms with Gasteiger partial charge in [-0.15, -0.1) is 0 Å². The van der Waals surface area contributed by atoms with E-state index in [0.29, 0.717) is 12.1 Å². The van der Waals surface area contributed by atoms with Gasteiger partial charge in [0, 0.05) is 22.3 Å². The van der Waals surface area contributed by atoms with Gasteiger partial charge in [0.2, 0.25) is 0 Å². The minimum atomic E-state index is -0.216. The molecule has 2 aromatic rings. The molecule has 0 spiro atoms. The molecule has 100 valence electrons. The highest BCUT2D eigenvalue weighted by atomic mass is 79.9. The summed E-state index contributed by atoms with van der Waals surface area (Å²) in [6.07, 6.45) is 2.08. The van der Waals surface area contributed by atoms with Crippen LogP contribution in [0.4, 0.5) is 4.39 Å². The average Bonchev–Trinajstić information content (AvgIpc) is 2.97. The predicted molar refractivity (Wildman–Crippen MR) is 76.4 cm³/mol. The van der Waals surface area contributed by atoms with Crippen LogP contribution in [0, 0.1) is 5.82 Å². The van der Waals surface area contributed by atoms with Crippen molar-refractivity contribution >= 4 is 15.9 Å². The highest BCUT2D eigenvalue weighted by molar-refractivity contribution is 9.10. The Hall–Kier alpha value is -1.20. The molecular formula is C14H15BrFN3. The molecule has 0 aliphatic carbocycles. The first-order chi connectivity index (χ1) is 9.20. The number of aromatic nitrogens is 2. The van der Waals surface area contributed by atoms with Crippen molar-refractivity contribution in [2.45, 2.75) is 25.9 Å². The smallest absolute Gasteiger partial charge is 0.132 e. The molecule has 0 radical (unpaired) electrons. The van der Waals surface area contributed by atoms with Crippen LogP contribution >= 0.6 is 15.9 Å². The Bertz CT molecular complexity index is 621. The number of halogens is 2. The van der Waals surface area contributed by atoms with Gasteiger partial charge < -0.3 is 9.88 Å². The van der Waals surface area contributed by atoms with Gasteiger partial charge in [0.15, 0.2) is 0 Å². The lowest BCUT2D eigenvalue weighted by Crippen LogP contribution is -2.11. The summed E-state index contributed by atoms with van der Waals surface area (Å²) >= 11 is 3.40. The zero-order valence-electron chi connectivity index (χ0n) is 10.7. The summed E-state index contributed by atoms with van der Waals surface area (Å²) in [5, 5.41) is 3.12. The van der Waals surface area contributed by atoms with E-state index in [2.05, 4.69) is 30.8 Å². The van der Waals surface area contributed by atoms with Crippen molar-refractivity contribution in [3.8, 4) is 11.3 Å². The summed E-state index contributed by atoms with van der Waals surface area (Å²) in [6.45, 7) is 1.69. The molecule has 19 heavy (non-hydrogen) atoms. The van der Waals surface area contributed by atoms with Crippen LogP contribution in [0.3, 0.4) is 0 Å². The Morgan fingerprint density at radius 1 is 1.47 bits per heavy atom. The van der Waals surface area contributed by atoms with Gasteiger partial charge in [-0.2, -0.15) is 0 Å². The van der Waals surface area contributed by atoms with Gasteiger partial charge in [-0.25, -0.2) is 9.37 Å². The summed E-state index contributed by atoms with van der Waals surface area (Å²) in [7, 11) is 1.90. The number of rotatable bonds is 3. The van der Waals surface area contributed by atoms with Gasteiger partial charge in [-0.05, 0) is 38.1 Å². The number of hydrogen-bond donors (Lipinski definition) is 1. The van der Waals surface area contributed by atoms with Gasteiger partial charge >= 0.3 is 0 Å². The third-order valence-corrected chi connectivity index (χ3v) is 3.96. The zero-order chi connectivity index (χ0) is 13.4. The fourth-order valence-electron chi connectivity index (χ4n) is 2.65. The quantitative estimate of drug-likeness (QED) is 0.940. The van der Waals surface area contributed by atoms with Gasteiger partial charge in [0.25, 0.3) is 0 Å². The molecule has 0 atom stereocenters. The molecule has 0 bridgehead atoms. The van der Waals surface area contributed by atoms with Crippen LogP contribution in [0.15, 0.2) is 22.7 Å². The van der Waals surface area contributed by atoms with E-state index in [9.17, 15) is 4.39 Å². The first-order valence-corrected chi connectivity index (χ1v) is 7.18. The van der Waals surface area contributed by atoms with Gasteiger partial charge in [0.1, 0.15) is 11.6 Å².